The van der Waals surface area contributed by atoms with Gasteiger partial charge in [-0.15, -0.1) is 0 Å². The minimum Gasteiger partial charge on any atom is -1.00 e. The first-order valence-corrected chi connectivity index (χ1v) is 0. The van der Waals surface area contributed by atoms with Crippen LogP contribution in [0.4, 0.5) is 0 Å². The van der Waals surface area contributed by atoms with Gasteiger partial charge in [0.05, 0.1) is 0 Å². The molecule has 0 aromatic heterocycles. The molecule has 0 radical (unpaired) electrons. The summed E-state index contributed by atoms with van der Waals surface area (Å²) in [5.41, 5.74) is 0. The Morgan fingerprint density at radius 3 is 0.600 bits per heavy atom. The van der Waals surface area contributed by atoms with Crippen molar-refractivity contribution in [2.75, 3.05) is 0 Å². The summed E-state index contributed by atoms with van der Waals surface area (Å²) in [6.07, 6.45) is 0. The third-order valence-electron chi connectivity index (χ3n) is 0. The molecule has 0 N–H and O–H groups in total. The summed E-state index contributed by atoms with van der Waals surface area (Å²) < 4.78 is 0. The van der Waals surface area contributed by atoms with Crippen molar-refractivity contribution >= 4 is 23.9 Å². The van der Waals surface area contributed by atoms with Crippen molar-refractivity contribution in [3.05, 3.63) is 0 Å². The van der Waals surface area contributed by atoms with E-state index in [1.165, 1.54) is 0 Å². The summed E-state index contributed by atoms with van der Waals surface area (Å²) in [4.78, 5) is 0. The van der Waals surface area contributed by atoms with Crippen LogP contribution in [0.5, 0.6) is 0 Å². The molecule has 0 saturated carbocycles. The smallest absolute Gasteiger partial charge is 1.00 e. The minimum absolute atomic E-state index is 0. The van der Waals surface area contributed by atoms with E-state index in [0.29, 0.717) is 0 Å². The van der Waals surface area contributed by atoms with E-state index in [9.17, 15) is 0 Å². The first kappa shape index (κ1) is 58.5. The van der Waals surface area contributed by atoms with E-state index in [1.807, 2.05) is 0 Å². The van der Waals surface area contributed by atoms with E-state index >= 15 is 0 Å². The second kappa shape index (κ2) is 35.3. The maximum atomic E-state index is 0. The molecule has 5 heavy (non-hydrogen) atoms. The summed E-state index contributed by atoms with van der Waals surface area (Å²) in [6, 6.07) is 0. The van der Waals surface area contributed by atoms with E-state index in [2.05, 4.69) is 0 Å². The summed E-state index contributed by atoms with van der Waals surface area (Å²) in [7, 11) is 0. The molecule has 0 bridgehead atoms. The Labute approximate surface area is 77.4 Å². The Balaban J connectivity index is 0. The van der Waals surface area contributed by atoms with Crippen molar-refractivity contribution in [1.82, 2.24) is 0 Å². The van der Waals surface area contributed by atoms with Crippen LogP contribution in [0.15, 0.2) is 0 Å². The van der Waals surface area contributed by atoms with Crippen LogP contribution in [0.1, 0.15) is 0 Å². The predicted molar refractivity (Wildman–Crippen MR) is 5.75 cm³/mol. The molecule has 0 aromatic rings. The van der Waals surface area contributed by atoms with Crippen molar-refractivity contribution < 1.29 is 54.2 Å². The summed E-state index contributed by atoms with van der Waals surface area (Å²) >= 11 is 0. The summed E-state index contributed by atoms with van der Waals surface area (Å²) in [6.45, 7) is 0. The fourth-order valence-electron chi connectivity index (χ4n) is 0. The van der Waals surface area contributed by atoms with E-state index in [0.717, 1.165) is 0 Å². The molecule has 0 aliphatic heterocycles. The number of hydrogen-bond donors (Lipinski definition) is 0. The van der Waals surface area contributed by atoms with E-state index in [-0.39, 0.29) is 78.1 Å². The summed E-state index contributed by atoms with van der Waals surface area (Å²) in [5, 5.41) is 0. The van der Waals surface area contributed by atoms with Crippen LogP contribution in [0.2, 0.25) is 0 Å². The maximum Gasteiger partial charge on any atom is 4.00 e. The van der Waals surface area contributed by atoms with Gasteiger partial charge in [0, 0.05) is 0 Å². The van der Waals surface area contributed by atoms with Crippen LogP contribution in [0.3, 0.4) is 0 Å². The summed E-state index contributed by atoms with van der Waals surface area (Å²) in [5.74, 6) is 0. The topological polar surface area (TPSA) is 0 Å². The third-order valence-corrected chi connectivity index (χ3v) is 0. The average molecular weight is 305 g/mol. The molecule has 0 rings (SSSR count). The zero-order chi connectivity index (χ0) is 0. The predicted octanol–water partition coefficient (Wildman–Crippen LogP) is -12.4. The van der Waals surface area contributed by atoms with Gasteiger partial charge < -0.3 is 54.2 Å². The second-order valence-corrected chi connectivity index (χ2v) is 0. The van der Waals surface area contributed by atoms with Crippen LogP contribution >= 0.6 is 0 Å². The van der Waals surface area contributed by atoms with Gasteiger partial charge in [0.2, 0.25) is 0 Å². The van der Waals surface area contributed by atoms with Crippen LogP contribution < -0.4 is 54.2 Å². The fourth-order valence-corrected chi connectivity index (χ4v) is 0. The minimum atomic E-state index is 0. The molecule has 0 heterocycles. The molecule has 0 aliphatic rings. The number of halogens is 4. The quantitative estimate of drug-likeness (QED) is 0.390. The fraction of sp³-hybridized carbons (Fsp3) is 0. The maximum absolute atomic E-state index is 0. The van der Waals surface area contributed by atoms with Crippen molar-refractivity contribution in [1.29, 1.82) is 0 Å². The van der Waals surface area contributed by atoms with Gasteiger partial charge in [-0.1, -0.05) is 0 Å². The largest absolute Gasteiger partial charge is 4.00 e. The first-order valence-electron chi connectivity index (χ1n) is 0. The number of hydrogen-bond acceptors (Lipinski definition) is 0. The Bertz CT molecular complexity index is 6.85. The Hall–Kier alpha value is 2.15. The van der Waals surface area contributed by atoms with E-state index < -0.39 is 0 Å². The van der Waals surface area contributed by atoms with Gasteiger partial charge in [-0.05, 0) is 0 Å². The van der Waals surface area contributed by atoms with Crippen molar-refractivity contribution in [3.8, 4) is 0 Å². The monoisotopic (exact) mass is 304 g/mol. The van der Waals surface area contributed by atoms with Gasteiger partial charge in [-0.3, -0.25) is 0 Å². The first-order chi connectivity index (χ1) is 0. The molecule has 0 saturated heterocycles. The van der Waals surface area contributed by atoms with Crippen molar-refractivity contribution in [2.45, 2.75) is 0 Å². The van der Waals surface area contributed by atoms with Gasteiger partial charge in [0.1, 0.15) is 0 Å². The Morgan fingerprint density at radius 1 is 0.600 bits per heavy atom. The van der Waals surface area contributed by atoms with Crippen molar-refractivity contribution in [2.24, 2.45) is 0 Å². The zero-order valence-electron chi connectivity index (χ0n) is 2.01. The molecule has 0 aromatic carbocycles. The molecular weight excluding hydrogens is 305 g/mol. The second-order valence-electron chi connectivity index (χ2n) is 0. The zero-order valence-corrected chi connectivity index (χ0v) is 8.72. The molecular formula is BrCl3Sn. The molecule has 0 unspecified atom stereocenters. The number of rotatable bonds is 0. The van der Waals surface area contributed by atoms with Gasteiger partial charge in [0.15, 0.2) is 0 Å². The SMILES string of the molecule is [Br-].[Cl-].[Cl-].[Cl-].[Sn+4]. The molecule has 0 spiro atoms. The van der Waals surface area contributed by atoms with Crippen LogP contribution in [-0.4, -0.2) is 23.9 Å². The Kier molecular flexibility index (Phi) is 413. The molecule has 0 aliphatic carbocycles. The normalized spacial score (nSPS) is 0. The van der Waals surface area contributed by atoms with E-state index in [1.54, 1.807) is 0 Å². The van der Waals surface area contributed by atoms with Gasteiger partial charge in [-0.2, -0.15) is 0 Å². The standard InChI is InChI=1S/BrH.3ClH.Sn/h4*1H;/q;;;;+4/p-4. The van der Waals surface area contributed by atoms with Gasteiger partial charge >= 0.3 is 23.9 Å². The van der Waals surface area contributed by atoms with Gasteiger partial charge in [-0.25, -0.2) is 0 Å². The van der Waals surface area contributed by atoms with Gasteiger partial charge in [0.25, 0.3) is 0 Å². The van der Waals surface area contributed by atoms with E-state index in [4.69, 9.17) is 0 Å². The molecule has 0 atom stereocenters. The molecule has 32 valence electrons. The van der Waals surface area contributed by atoms with Crippen LogP contribution in [0.25, 0.3) is 0 Å². The van der Waals surface area contributed by atoms with Crippen LogP contribution in [-0.2, 0) is 0 Å². The third kappa shape index (κ3) is 22.9. The molecule has 0 amide bonds. The average Bonchev–Trinajstić information content (AvgIpc) is 0. The molecule has 0 nitrogen and oxygen atoms in total. The Morgan fingerprint density at radius 2 is 0.600 bits per heavy atom. The molecule has 0 fully saturated rings. The van der Waals surface area contributed by atoms with Crippen LogP contribution in [0, 0.1) is 0 Å². The molecule has 5 heteroatoms. The van der Waals surface area contributed by atoms with Crippen molar-refractivity contribution in [3.63, 3.8) is 0 Å².